The molecule has 3 rings (SSSR count). The number of hydrogen-bond acceptors (Lipinski definition) is 7. The normalized spacial score (nSPS) is 10.7. The van der Waals surface area contributed by atoms with Gasteiger partial charge in [-0.15, -0.1) is 0 Å². The van der Waals surface area contributed by atoms with Gasteiger partial charge in [0.2, 0.25) is 5.95 Å². The maximum Gasteiger partial charge on any atom is 0.253 e. The van der Waals surface area contributed by atoms with Gasteiger partial charge in [-0.05, 0) is 62.0 Å². The molecule has 0 radical (unpaired) electrons. The lowest BCUT2D eigenvalue weighted by atomic mass is 10.1. The van der Waals surface area contributed by atoms with Crippen LogP contribution in [-0.4, -0.2) is 47.7 Å². The van der Waals surface area contributed by atoms with Gasteiger partial charge in [-0.2, -0.15) is 4.98 Å². The molecule has 0 aliphatic carbocycles. The maximum absolute atomic E-state index is 12.4. The van der Waals surface area contributed by atoms with Crippen LogP contribution in [0.1, 0.15) is 27.9 Å². The highest BCUT2D eigenvalue weighted by molar-refractivity contribution is 6.33. The van der Waals surface area contributed by atoms with Crippen molar-refractivity contribution in [3.05, 3.63) is 83.0 Å². The number of aryl methyl sites for hydroxylation is 1. The number of anilines is 4. The lowest BCUT2D eigenvalue weighted by Gasteiger charge is -2.16. The minimum absolute atomic E-state index is 0.00545. The molecule has 182 valence electrons. The average molecular weight is 493 g/mol. The molecule has 0 saturated carbocycles. The number of benzene rings is 2. The second-order valence-electron chi connectivity index (χ2n) is 8.21. The number of aromatic nitrogens is 2. The molecule has 9 heteroatoms. The topological polar surface area (TPSA) is 99.3 Å². The van der Waals surface area contributed by atoms with E-state index in [9.17, 15) is 9.59 Å². The van der Waals surface area contributed by atoms with E-state index >= 15 is 0 Å². The summed E-state index contributed by atoms with van der Waals surface area (Å²) in [6.45, 7) is 4.22. The van der Waals surface area contributed by atoms with Crippen molar-refractivity contribution in [1.29, 1.82) is 0 Å². The summed E-state index contributed by atoms with van der Waals surface area (Å²) in [5, 5.41) is 9.34. The fraction of sp³-hybridized carbons (Fsp3) is 0.231. The van der Waals surface area contributed by atoms with Gasteiger partial charge in [-0.1, -0.05) is 36.4 Å². The molecular weight excluding hydrogens is 464 g/mol. The van der Waals surface area contributed by atoms with Crippen LogP contribution in [0.2, 0.25) is 5.02 Å². The molecule has 0 atom stereocenters. The van der Waals surface area contributed by atoms with E-state index in [-0.39, 0.29) is 11.7 Å². The van der Waals surface area contributed by atoms with E-state index in [0.29, 0.717) is 47.4 Å². The number of carbonyl (C=O) groups is 2. The predicted molar refractivity (Wildman–Crippen MR) is 141 cm³/mol. The fourth-order valence-electron chi connectivity index (χ4n) is 3.44. The van der Waals surface area contributed by atoms with Gasteiger partial charge in [0.05, 0.1) is 17.4 Å². The molecule has 2 aromatic carbocycles. The van der Waals surface area contributed by atoms with E-state index in [0.717, 1.165) is 16.8 Å². The second-order valence-corrected chi connectivity index (χ2v) is 8.62. The number of amides is 1. The Balaban J connectivity index is 1.85. The minimum Gasteiger partial charge on any atom is -0.355 e. The number of halogens is 1. The van der Waals surface area contributed by atoms with Crippen molar-refractivity contribution in [3.63, 3.8) is 0 Å². The van der Waals surface area contributed by atoms with Gasteiger partial charge in [0, 0.05) is 25.7 Å². The summed E-state index contributed by atoms with van der Waals surface area (Å²) in [5.74, 6) is 0.483. The third kappa shape index (κ3) is 7.37. The molecule has 1 amide bonds. The molecule has 3 N–H and O–H groups in total. The van der Waals surface area contributed by atoms with Gasteiger partial charge in [0.1, 0.15) is 5.02 Å². The van der Waals surface area contributed by atoms with Crippen molar-refractivity contribution in [2.45, 2.75) is 19.4 Å². The Labute approximate surface area is 210 Å². The highest BCUT2D eigenvalue weighted by atomic mass is 35.5. The lowest BCUT2D eigenvalue weighted by molar-refractivity contribution is -0.114. The summed E-state index contributed by atoms with van der Waals surface area (Å²) in [4.78, 5) is 34.8. The van der Waals surface area contributed by atoms with Crippen molar-refractivity contribution in [2.24, 2.45) is 0 Å². The average Bonchev–Trinajstić information content (AvgIpc) is 2.84. The van der Waals surface area contributed by atoms with Crippen LogP contribution in [0, 0.1) is 0 Å². The molecule has 8 nitrogen and oxygen atoms in total. The molecule has 1 aromatic heterocycles. The van der Waals surface area contributed by atoms with Gasteiger partial charge in [-0.3, -0.25) is 9.59 Å². The molecule has 0 bridgehead atoms. The molecule has 0 spiro atoms. The van der Waals surface area contributed by atoms with Crippen molar-refractivity contribution >= 4 is 46.4 Å². The lowest BCUT2D eigenvalue weighted by Crippen LogP contribution is -2.20. The quantitative estimate of drug-likeness (QED) is 0.333. The molecule has 3 aromatic rings. The number of nitrogens with zero attached hydrogens (tertiary/aromatic N) is 3. The molecule has 1 heterocycles. The minimum atomic E-state index is -0.223. The van der Waals surface area contributed by atoms with Crippen LogP contribution in [-0.2, 0) is 17.8 Å². The van der Waals surface area contributed by atoms with Gasteiger partial charge in [0.15, 0.2) is 11.6 Å². The van der Waals surface area contributed by atoms with E-state index in [1.165, 1.54) is 12.3 Å². The first-order valence-corrected chi connectivity index (χ1v) is 11.5. The zero-order valence-corrected chi connectivity index (χ0v) is 20.8. The zero-order chi connectivity index (χ0) is 25.4. The van der Waals surface area contributed by atoms with E-state index in [4.69, 9.17) is 11.6 Å². The van der Waals surface area contributed by atoms with E-state index in [2.05, 4.69) is 32.5 Å². The predicted octanol–water partition coefficient (Wildman–Crippen LogP) is 4.73. The van der Waals surface area contributed by atoms with Crippen LogP contribution in [0.3, 0.4) is 0 Å². The molecule has 35 heavy (non-hydrogen) atoms. The Bertz CT molecular complexity index is 1230. The number of hydrogen-bond donors (Lipinski definition) is 3. The van der Waals surface area contributed by atoms with Gasteiger partial charge >= 0.3 is 0 Å². The van der Waals surface area contributed by atoms with Crippen molar-refractivity contribution in [3.8, 4) is 0 Å². The largest absolute Gasteiger partial charge is 0.355 e. The first kappa shape index (κ1) is 25.9. The maximum atomic E-state index is 12.4. The summed E-state index contributed by atoms with van der Waals surface area (Å²) >= 11 is 6.38. The standard InChI is InChI=1S/C26H29ClN6O2/c1-5-20(34)11-9-17-7-6-8-19(13-17)30-26-29-15-22(27)24(32-26)31-23-14-18(16-33(3)4)10-12-21(23)25(35)28-2/h5-8,10,12-15H,1,9,11,16H2,2-4H3,(H,28,35)(H2,29,30,31,32). The molecule has 0 fully saturated rings. The van der Waals surface area contributed by atoms with Crippen LogP contribution >= 0.6 is 11.6 Å². The molecule has 0 aliphatic rings. The van der Waals surface area contributed by atoms with Crippen LogP contribution in [0.25, 0.3) is 0 Å². The summed E-state index contributed by atoms with van der Waals surface area (Å²) in [6, 6.07) is 13.3. The Hall–Kier alpha value is -3.75. The van der Waals surface area contributed by atoms with Crippen molar-refractivity contribution < 1.29 is 9.59 Å². The number of carbonyl (C=O) groups excluding carboxylic acids is 2. The van der Waals surface area contributed by atoms with Crippen molar-refractivity contribution in [1.82, 2.24) is 20.2 Å². The van der Waals surface area contributed by atoms with Gasteiger partial charge in [0.25, 0.3) is 5.91 Å². The van der Waals surface area contributed by atoms with Crippen LogP contribution in [0.4, 0.5) is 23.1 Å². The van der Waals surface area contributed by atoms with Gasteiger partial charge < -0.3 is 20.9 Å². The Morgan fingerprint density at radius 1 is 1.11 bits per heavy atom. The zero-order valence-electron chi connectivity index (χ0n) is 20.1. The number of ketones is 1. The molecular formula is C26H29ClN6O2. The number of rotatable bonds is 11. The monoisotopic (exact) mass is 492 g/mol. The summed E-state index contributed by atoms with van der Waals surface area (Å²) < 4.78 is 0. The summed E-state index contributed by atoms with van der Waals surface area (Å²) in [5.41, 5.74) is 3.87. The van der Waals surface area contributed by atoms with E-state index in [1.54, 1.807) is 13.1 Å². The molecule has 0 unspecified atom stereocenters. The number of nitrogens with one attached hydrogen (secondary N) is 3. The highest BCUT2D eigenvalue weighted by Crippen LogP contribution is 2.28. The van der Waals surface area contributed by atoms with Gasteiger partial charge in [-0.25, -0.2) is 4.98 Å². The molecule has 0 aliphatic heterocycles. The van der Waals surface area contributed by atoms with Crippen molar-refractivity contribution in [2.75, 3.05) is 31.8 Å². The van der Waals surface area contributed by atoms with E-state index < -0.39 is 0 Å². The Morgan fingerprint density at radius 2 is 1.91 bits per heavy atom. The first-order chi connectivity index (χ1) is 16.8. The third-order valence-electron chi connectivity index (χ3n) is 5.12. The second kappa shape index (κ2) is 12.1. The SMILES string of the molecule is C=CC(=O)CCc1cccc(Nc2ncc(Cl)c(Nc3cc(CN(C)C)ccc3C(=O)NC)n2)c1. The van der Waals surface area contributed by atoms with E-state index in [1.807, 2.05) is 55.4 Å². The van der Waals surface area contributed by atoms with Crippen LogP contribution in [0.5, 0.6) is 0 Å². The van der Waals surface area contributed by atoms with Crippen LogP contribution in [0.15, 0.2) is 61.3 Å². The fourth-order valence-corrected chi connectivity index (χ4v) is 3.58. The smallest absolute Gasteiger partial charge is 0.253 e. The summed E-state index contributed by atoms with van der Waals surface area (Å²) in [7, 11) is 5.54. The Morgan fingerprint density at radius 3 is 2.63 bits per heavy atom. The first-order valence-electron chi connectivity index (χ1n) is 11.1. The Kier molecular flexibility index (Phi) is 8.94. The third-order valence-corrected chi connectivity index (χ3v) is 5.40. The van der Waals surface area contributed by atoms with Crippen LogP contribution < -0.4 is 16.0 Å². The number of allylic oxidation sites excluding steroid dienone is 1. The highest BCUT2D eigenvalue weighted by Gasteiger charge is 2.14. The summed E-state index contributed by atoms with van der Waals surface area (Å²) in [6.07, 6.45) is 3.85. The molecule has 0 saturated heterocycles.